The first-order chi connectivity index (χ1) is 8.50. The number of carbonyl (C=O) groups is 2. The molecule has 18 heavy (non-hydrogen) atoms. The van der Waals surface area contributed by atoms with E-state index in [9.17, 15) is 9.59 Å². The fourth-order valence-corrected chi connectivity index (χ4v) is 1.28. The number of nitrogens with two attached hydrogens (primary N) is 2. The number of hydrogen-bond donors (Lipinski definition) is 3. The SMILES string of the molecule is Cc1cc(N)c(C(=O)NCCOCC(N)=O)cn1. The predicted octanol–water partition coefficient (Wildman–Crippen LogP) is -0.796. The summed E-state index contributed by atoms with van der Waals surface area (Å²) in [6, 6.07) is 1.62. The third-order valence-corrected chi connectivity index (χ3v) is 2.09. The zero-order valence-electron chi connectivity index (χ0n) is 10.1. The van der Waals surface area contributed by atoms with Crippen molar-refractivity contribution in [3.05, 3.63) is 23.5 Å². The van der Waals surface area contributed by atoms with Gasteiger partial charge in [0.15, 0.2) is 0 Å². The van der Waals surface area contributed by atoms with Gasteiger partial charge >= 0.3 is 0 Å². The number of aromatic nitrogens is 1. The second-order valence-corrected chi connectivity index (χ2v) is 3.69. The third-order valence-electron chi connectivity index (χ3n) is 2.09. The smallest absolute Gasteiger partial charge is 0.255 e. The molecule has 2 amide bonds. The van der Waals surface area contributed by atoms with Crippen LogP contribution in [-0.4, -0.2) is 36.6 Å². The topological polar surface area (TPSA) is 120 Å². The zero-order chi connectivity index (χ0) is 13.5. The number of pyridine rings is 1. The number of nitrogen functional groups attached to an aromatic ring is 1. The van der Waals surface area contributed by atoms with Crippen LogP contribution in [0.25, 0.3) is 0 Å². The normalized spacial score (nSPS) is 10.1. The molecule has 1 rings (SSSR count). The lowest BCUT2D eigenvalue weighted by atomic mass is 10.2. The number of carbonyl (C=O) groups excluding carboxylic acids is 2. The molecule has 0 spiro atoms. The lowest BCUT2D eigenvalue weighted by Gasteiger charge is -2.07. The third kappa shape index (κ3) is 4.38. The van der Waals surface area contributed by atoms with Gasteiger partial charge in [0.1, 0.15) is 6.61 Å². The molecule has 7 nitrogen and oxygen atoms in total. The van der Waals surface area contributed by atoms with Crippen LogP contribution in [0.3, 0.4) is 0 Å². The number of rotatable bonds is 6. The van der Waals surface area contributed by atoms with Crippen molar-refractivity contribution in [2.24, 2.45) is 5.73 Å². The van der Waals surface area contributed by atoms with Crippen molar-refractivity contribution in [1.29, 1.82) is 0 Å². The van der Waals surface area contributed by atoms with E-state index in [1.165, 1.54) is 6.20 Å². The van der Waals surface area contributed by atoms with Crippen LogP contribution in [0.15, 0.2) is 12.3 Å². The minimum Gasteiger partial charge on any atom is -0.398 e. The molecule has 0 unspecified atom stereocenters. The van der Waals surface area contributed by atoms with Crippen LogP contribution < -0.4 is 16.8 Å². The van der Waals surface area contributed by atoms with E-state index >= 15 is 0 Å². The van der Waals surface area contributed by atoms with Gasteiger partial charge in [-0.05, 0) is 13.0 Å². The highest BCUT2D eigenvalue weighted by Gasteiger charge is 2.09. The Balaban J connectivity index is 2.39. The number of hydrogen-bond acceptors (Lipinski definition) is 5. The Labute approximate surface area is 105 Å². The molecule has 0 aliphatic carbocycles. The van der Waals surface area contributed by atoms with Crippen LogP contribution >= 0.6 is 0 Å². The van der Waals surface area contributed by atoms with Gasteiger partial charge < -0.3 is 21.5 Å². The highest BCUT2D eigenvalue weighted by Crippen LogP contribution is 2.10. The second-order valence-electron chi connectivity index (χ2n) is 3.69. The number of anilines is 1. The van der Waals surface area contributed by atoms with Gasteiger partial charge in [0, 0.05) is 24.1 Å². The molecule has 0 radical (unpaired) electrons. The first-order valence-electron chi connectivity index (χ1n) is 5.37. The molecule has 98 valence electrons. The van der Waals surface area contributed by atoms with Crippen molar-refractivity contribution in [2.45, 2.75) is 6.92 Å². The zero-order valence-corrected chi connectivity index (χ0v) is 10.1. The van der Waals surface area contributed by atoms with Gasteiger partial charge in [-0.2, -0.15) is 0 Å². The van der Waals surface area contributed by atoms with Crippen molar-refractivity contribution in [3.8, 4) is 0 Å². The van der Waals surface area contributed by atoms with Crippen molar-refractivity contribution in [2.75, 3.05) is 25.5 Å². The van der Waals surface area contributed by atoms with Crippen molar-refractivity contribution < 1.29 is 14.3 Å². The Kier molecular flexibility index (Phi) is 5.06. The largest absolute Gasteiger partial charge is 0.398 e. The van der Waals surface area contributed by atoms with E-state index in [0.717, 1.165) is 5.69 Å². The Morgan fingerprint density at radius 2 is 2.22 bits per heavy atom. The van der Waals surface area contributed by atoms with Crippen LogP contribution in [0.2, 0.25) is 0 Å². The molecule has 0 saturated heterocycles. The minimum atomic E-state index is -0.548. The first-order valence-corrected chi connectivity index (χ1v) is 5.37. The van der Waals surface area contributed by atoms with E-state index in [1.54, 1.807) is 13.0 Å². The summed E-state index contributed by atoms with van der Waals surface area (Å²) >= 11 is 0. The maximum atomic E-state index is 11.7. The minimum absolute atomic E-state index is 0.163. The summed E-state index contributed by atoms with van der Waals surface area (Å²) in [4.78, 5) is 26.1. The fourth-order valence-electron chi connectivity index (χ4n) is 1.28. The average molecular weight is 252 g/mol. The summed E-state index contributed by atoms with van der Waals surface area (Å²) in [5, 5.41) is 2.60. The summed E-state index contributed by atoms with van der Waals surface area (Å²) < 4.78 is 4.89. The number of nitrogens with one attached hydrogen (secondary N) is 1. The van der Waals surface area contributed by atoms with E-state index < -0.39 is 5.91 Å². The molecule has 0 saturated carbocycles. The molecule has 1 aromatic rings. The van der Waals surface area contributed by atoms with Gasteiger partial charge in [-0.25, -0.2) is 0 Å². The molecule has 0 aliphatic rings. The molecule has 1 heterocycles. The van der Waals surface area contributed by atoms with Gasteiger partial charge in [-0.15, -0.1) is 0 Å². The van der Waals surface area contributed by atoms with Crippen molar-refractivity contribution >= 4 is 17.5 Å². The van der Waals surface area contributed by atoms with Crippen LogP contribution in [0, 0.1) is 6.92 Å². The van der Waals surface area contributed by atoms with Gasteiger partial charge in [0.25, 0.3) is 5.91 Å². The average Bonchev–Trinajstić information content (AvgIpc) is 2.27. The van der Waals surface area contributed by atoms with Gasteiger partial charge in [-0.1, -0.05) is 0 Å². The summed E-state index contributed by atoms with van der Waals surface area (Å²) in [6.45, 7) is 2.09. The van der Waals surface area contributed by atoms with Gasteiger partial charge in [0.2, 0.25) is 5.91 Å². The molecule has 1 aromatic heterocycles. The van der Waals surface area contributed by atoms with E-state index in [4.69, 9.17) is 16.2 Å². The van der Waals surface area contributed by atoms with Crippen molar-refractivity contribution in [3.63, 3.8) is 0 Å². The molecular weight excluding hydrogens is 236 g/mol. The van der Waals surface area contributed by atoms with E-state index in [-0.39, 0.29) is 25.7 Å². The lowest BCUT2D eigenvalue weighted by molar-refractivity contribution is -0.122. The molecule has 5 N–H and O–H groups in total. The summed E-state index contributed by atoms with van der Waals surface area (Å²) in [7, 11) is 0. The Morgan fingerprint density at radius 1 is 1.50 bits per heavy atom. The van der Waals surface area contributed by atoms with Crippen molar-refractivity contribution in [1.82, 2.24) is 10.3 Å². The highest BCUT2D eigenvalue weighted by molar-refractivity contribution is 5.98. The molecular formula is C11H16N4O3. The van der Waals surface area contributed by atoms with Crippen LogP contribution in [0.4, 0.5) is 5.69 Å². The highest BCUT2D eigenvalue weighted by atomic mass is 16.5. The summed E-state index contributed by atoms with van der Waals surface area (Å²) in [5.41, 5.74) is 12.0. The van der Waals surface area contributed by atoms with Crippen LogP contribution in [0.1, 0.15) is 16.1 Å². The second kappa shape index (κ2) is 6.55. The quantitative estimate of drug-likeness (QED) is 0.573. The van der Waals surface area contributed by atoms with E-state index in [2.05, 4.69) is 10.3 Å². The van der Waals surface area contributed by atoms with E-state index in [0.29, 0.717) is 11.3 Å². The maximum absolute atomic E-state index is 11.7. The lowest BCUT2D eigenvalue weighted by Crippen LogP contribution is -2.29. The number of nitrogens with zero attached hydrogens (tertiary/aromatic N) is 1. The summed E-state index contributed by atoms with van der Waals surface area (Å²) in [6.07, 6.45) is 1.42. The van der Waals surface area contributed by atoms with Crippen LogP contribution in [-0.2, 0) is 9.53 Å². The molecule has 0 bridgehead atoms. The standard InChI is InChI=1S/C11H16N4O3/c1-7-4-9(12)8(5-15-7)11(17)14-2-3-18-6-10(13)16/h4-5H,2-3,6H2,1H3,(H2,12,15)(H2,13,16)(H,14,17). The Morgan fingerprint density at radius 3 is 2.83 bits per heavy atom. The van der Waals surface area contributed by atoms with Gasteiger partial charge in [-0.3, -0.25) is 14.6 Å². The fraction of sp³-hybridized carbons (Fsp3) is 0.364. The maximum Gasteiger partial charge on any atom is 0.255 e. The summed E-state index contributed by atoms with van der Waals surface area (Å²) in [5.74, 6) is -0.879. The van der Waals surface area contributed by atoms with E-state index in [1.807, 2.05) is 0 Å². The number of amides is 2. The molecule has 0 atom stereocenters. The molecule has 0 fully saturated rings. The monoisotopic (exact) mass is 252 g/mol. The molecule has 7 heteroatoms. The molecule has 0 aliphatic heterocycles. The Hall–Kier alpha value is -2.15. The predicted molar refractivity (Wildman–Crippen MR) is 65.7 cm³/mol. The molecule has 0 aromatic carbocycles. The number of ether oxygens (including phenoxy) is 1. The van der Waals surface area contributed by atoms with Crippen LogP contribution in [0.5, 0.6) is 0 Å². The van der Waals surface area contributed by atoms with Gasteiger partial charge in [0.05, 0.1) is 12.2 Å². The first kappa shape index (κ1) is 13.9. The number of primary amides is 1. The number of aryl methyl sites for hydroxylation is 1. The Bertz CT molecular complexity index is 448.